The van der Waals surface area contributed by atoms with Gasteiger partial charge in [-0.15, -0.1) is 0 Å². The third kappa shape index (κ3) is 4.42. The second kappa shape index (κ2) is 8.13. The van der Waals surface area contributed by atoms with E-state index in [0.29, 0.717) is 30.9 Å². The fraction of sp³-hybridized carbons (Fsp3) is 0.263. The molecule has 0 fully saturated rings. The Morgan fingerprint density at radius 2 is 1.74 bits per heavy atom. The molecule has 4 nitrogen and oxygen atoms in total. The zero-order chi connectivity index (χ0) is 16.7. The van der Waals surface area contributed by atoms with Crippen molar-refractivity contribution in [2.24, 2.45) is 0 Å². The molecule has 0 unspecified atom stereocenters. The zero-order valence-electron chi connectivity index (χ0n) is 13.4. The molecule has 0 bridgehead atoms. The smallest absolute Gasteiger partial charge is 0.342 e. The second-order valence-corrected chi connectivity index (χ2v) is 5.15. The number of hydrogen-bond donors (Lipinski definition) is 0. The van der Waals surface area contributed by atoms with Gasteiger partial charge in [-0.25, -0.2) is 4.79 Å². The molecule has 0 aromatic heterocycles. The minimum absolute atomic E-state index is 0.196. The molecule has 2 aromatic rings. The second-order valence-electron chi connectivity index (χ2n) is 5.15. The van der Waals surface area contributed by atoms with Crippen LogP contribution in [0.25, 0.3) is 0 Å². The van der Waals surface area contributed by atoms with Crippen molar-refractivity contribution in [3.63, 3.8) is 0 Å². The van der Waals surface area contributed by atoms with Gasteiger partial charge in [0.2, 0.25) is 0 Å². The molecular weight excluding hydrogens is 292 g/mol. The number of carbonyl (C=O) groups is 2. The first-order valence-corrected chi connectivity index (χ1v) is 7.61. The number of benzene rings is 2. The van der Waals surface area contributed by atoms with Crippen LogP contribution in [-0.4, -0.2) is 18.4 Å². The van der Waals surface area contributed by atoms with Crippen molar-refractivity contribution in [2.45, 2.75) is 26.9 Å². The van der Waals surface area contributed by atoms with Gasteiger partial charge < -0.3 is 9.47 Å². The third-order valence-corrected chi connectivity index (χ3v) is 3.28. The van der Waals surface area contributed by atoms with E-state index in [2.05, 4.69) is 0 Å². The van der Waals surface area contributed by atoms with Gasteiger partial charge in [0.05, 0.1) is 6.61 Å². The van der Waals surface area contributed by atoms with Crippen molar-refractivity contribution in [3.8, 4) is 5.75 Å². The maximum Gasteiger partial charge on any atom is 0.342 e. The van der Waals surface area contributed by atoms with E-state index in [9.17, 15) is 9.59 Å². The molecule has 0 atom stereocenters. The van der Waals surface area contributed by atoms with Crippen molar-refractivity contribution >= 4 is 11.8 Å². The standard InChI is InChI=1S/C19H20O4/c1-3-12-22-19(21)18-16(14(2)20)10-7-11-17(18)23-13-15-8-5-4-6-9-15/h4-11H,3,12-13H2,1-2H3. The van der Waals surface area contributed by atoms with E-state index >= 15 is 0 Å². The number of hydrogen-bond acceptors (Lipinski definition) is 4. The fourth-order valence-electron chi connectivity index (χ4n) is 2.16. The van der Waals surface area contributed by atoms with Crippen LogP contribution >= 0.6 is 0 Å². The molecule has 0 amide bonds. The first kappa shape index (κ1) is 16.7. The van der Waals surface area contributed by atoms with Gasteiger partial charge in [0.15, 0.2) is 5.78 Å². The van der Waals surface area contributed by atoms with Crippen LogP contribution in [0.4, 0.5) is 0 Å². The Morgan fingerprint density at radius 3 is 2.39 bits per heavy atom. The van der Waals surface area contributed by atoms with Crippen LogP contribution in [0.15, 0.2) is 48.5 Å². The molecule has 0 saturated heterocycles. The Bertz CT molecular complexity index is 677. The summed E-state index contributed by atoms with van der Waals surface area (Å²) in [6.07, 6.45) is 0.716. The Hall–Kier alpha value is -2.62. The lowest BCUT2D eigenvalue weighted by atomic mass is 10.0. The van der Waals surface area contributed by atoms with Gasteiger partial charge >= 0.3 is 5.97 Å². The lowest BCUT2D eigenvalue weighted by molar-refractivity contribution is 0.0497. The number of Topliss-reactive ketones (excluding diaryl/α,β-unsaturated/α-hetero) is 1. The normalized spacial score (nSPS) is 10.2. The molecular formula is C19H20O4. The van der Waals surface area contributed by atoms with Gasteiger partial charge in [-0.05, 0) is 25.0 Å². The fourth-order valence-corrected chi connectivity index (χ4v) is 2.16. The van der Waals surface area contributed by atoms with Crippen LogP contribution in [0.1, 0.15) is 46.5 Å². The topological polar surface area (TPSA) is 52.6 Å². The number of ketones is 1. The average Bonchev–Trinajstić information content (AvgIpc) is 2.58. The van der Waals surface area contributed by atoms with Crippen LogP contribution < -0.4 is 4.74 Å². The van der Waals surface area contributed by atoms with Crippen molar-refractivity contribution in [2.75, 3.05) is 6.61 Å². The van der Waals surface area contributed by atoms with Gasteiger partial charge in [-0.3, -0.25) is 4.79 Å². The lowest BCUT2D eigenvalue weighted by Crippen LogP contribution is -2.13. The highest BCUT2D eigenvalue weighted by atomic mass is 16.5. The molecule has 0 radical (unpaired) electrons. The Kier molecular flexibility index (Phi) is 5.92. The SMILES string of the molecule is CCCOC(=O)c1c(OCc2ccccc2)cccc1C(C)=O. The first-order chi connectivity index (χ1) is 11.1. The predicted octanol–water partition coefficient (Wildman–Crippen LogP) is 4.04. The number of carbonyl (C=O) groups excluding carboxylic acids is 2. The van der Waals surface area contributed by atoms with Crippen LogP contribution in [0.5, 0.6) is 5.75 Å². The monoisotopic (exact) mass is 312 g/mol. The molecule has 0 saturated carbocycles. The van der Waals surface area contributed by atoms with Crippen molar-refractivity contribution in [1.29, 1.82) is 0 Å². The molecule has 23 heavy (non-hydrogen) atoms. The third-order valence-electron chi connectivity index (χ3n) is 3.28. The van der Waals surface area contributed by atoms with E-state index in [1.165, 1.54) is 6.92 Å². The summed E-state index contributed by atoms with van der Waals surface area (Å²) >= 11 is 0. The minimum Gasteiger partial charge on any atom is -0.488 e. The van der Waals surface area contributed by atoms with E-state index < -0.39 is 5.97 Å². The van der Waals surface area contributed by atoms with Crippen LogP contribution in [0.3, 0.4) is 0 Å². The largest absolute Gasteiger partial charge is 0.488 e. The molecule has 0 N–H and O–H groups in total. The van der Waals surface area contributed by atoms with E-state index in [1.807, 2.05) is 37.3 Å². The average molecular weight is 312 g/mol. The molecule has 0 heterocycles. The Balaban J connectivity index is 2.28. The summed E-state index contributed by atoms with van der Waals surface area (Å²) in [6, 6.07) is 14.6. The zero-order valence-corrected chi connectivity index (χ0v) is 13.4. The Labute approximate surface area is 136 Å². The van der Waals surface area contributed by atoms with Crippen molar-refractivity contribution in [1.82, 2.24) is 0 Å². The van der Waals surface area contributed by atoms with Crippen LogP contribution in [-0.2, 0) is 11.3 Å². The molecule has 0 aliphatic heterocycles. The molecule has 0 aliphatic carbocycles. The summed E-state index contributed by atoms with van der Waals surface area (Å²) in [7, 11) is 0. The molecule has 2 rings (SSSR count). The van der Waals surface area contributed by atoms with E-state index in [1.54, 1.807) is 18.2 Å². The minimum atomic E-state index is -0.527. The first-order valence-electron chi connectivity index (χ1n) is 7.61. The maximum absolute atomic E-state index is 12.3. The predicted molar refractivity (Wildman–Crippen MR) is 87.8 cm³/mol. The summed E-state index contributed by atoms with van der Waals surface area (Å²) < 4.78 is 11.0. The molecule has 4 heteroatoms. The van der Waals surface area contributed by atoms with Crippen molar-refractivity contribution < 1.29 is 19.1 Å². The highest BCUT2D eigenvalue weighted by Crippen LogP contribution is 2.25. The maximum atomic E-state index is 12.3. The van der Waals surface area contributed by atoms with Gasteiger partial charge in [0.1, 0.15) is 17.9 Å². The quantitative estimate of drug-likeness (QED) is 0.572. The van der Waals surface area contributed by atoms with Crippen LogP contribution in [0, 0.1) is 0 Å². The summed E-state index contributed by atoms with van der Waals surface area (Å²) in [5, 5.41) is 0. The van der Waals surface area contributed by atoms with Crippen molar-refractivity contribution in [3.05, 3.63) is 65.2 Å². The summed E-state index contributed by atoms with van der Waals surface area (Å²) in [5.41, 5.74) is 1.50. The van der Waals surface area contributed by atoms with E-state index in [0.717, 1.165) is 5.56 Å². The van der Waals surface area contributed by atoms with Gasteiger partial charge in [0.25, 0.3) is 0 Å². The highest BCUT2D eigenvalue weighted by Gasteiger charge is 2.21. The number of rotatable bonds is 7. The van der Waals surface area contributed by atoms with Crippen LogP contribution in [0.2, 0.25) is 0 Å². The summed E-state index contributed by atoms with van der Waals surface area (Å²) in [4.78, 5) is 24.1. The summed E-state index contributed by atoms with van der Waals surface area (Å²) in [5.74, 6) is -0.359. The molecule has 120 valence electrons. The Morgan fingerprint density at radius 1 is 1.00 bits per heavy atom. The summed E-state index contributed by atoms with van der Waals surface area (Å²) in [6.45, 7) is 3.96. The van der Waals surface area contributed by atoms with Gasteiger partial charge in [0, 0.05) is 5.56 Å². The van der Waals surface area contributed by atoms with Gasteiger partial charge in [-0.1, -0.05) is 49.4 Å². The molecule has 0 aliphatic rings. The highest BCUT2D eigenvalue weighted by molar-refractivity contribution is 6.07. The number of ether oxygens (including phenoxy) is 2. The molecule has 0 spiro atoms. The van der Waals surface area contributed by atoms with E-state index in [4.69, 9.17) is 9.47 Å². The van der Waals surface area contributed by atoms with Gasteiger partial charge in [-0.2, -0.15) is 0 Å². The van der Waals surface area contributed by atoms with E-state index in [-0.39, 0.29) is 11.3 Å². The molecule has 2 aromatic carbocycles. The number of esters is 1. The lowest BCUT2D eigenvalue weighted by Gasteiger charge is -2.14.